The van der Waals surface area contributed by atoms with Crippen LogP contribution >= 0.6 is 26.6 Å². The summed E-state index contributed by atoms with van der Waals surface area (Å²) in [5, 5.41) is 2.60. The van der Waals surface area contributed by atoms with Crippen molar-refractivity contribution in [3.63, 3.8) is 0 Å². The molecule has 0 aliphatic rings. The van der Waals surface area contributed by atoms with Crippen molar-refractivity contribution in [2.45, 2.75) is 32.1 Å². The molecule has 1 amide bonds. The van der Waals surface area contributed by atoms with Gasteiger partial charge in [0.25, 0.3) is 15.0 Å². The van der Waals surface area contributed by atoms with Crippen molar-refractivity contribution in [1.82, 2.24) is 5.32 Å². The molecule has 0 saturated carbocycles. The molecule has 1 rings (SSSR count). The van der Waals surface area contributed by atoms with Crippen LogP contribution in [-0.2, 0) is 9.05 Å². The van der Waals surface area contributed by atoms with Crippen LogP contribution in [0, 0.1) is 11.2 Å². The summed E-state index contributed by atoms with van der Waals surface area (Å²) in [7, 11) is 1.18. The van der Waals surface area contributed by atoms with Crippen LogP contribution < -0.4 is 5.32 Å². The summed E-state index contributed by atoms with van der Waals surface area (Å²) in [5.74, 6) is -1.50. The Morgan fingerprint density at radius 2 is 2.00 bits per heavy atom. The first-order valence-corrected chi connectivity index (χ1v) is 9.30. The number of benzene rings is 1. The molecular formula is C13H16BrClFNO3S. The fourth-order valence-corrected chi connectivity index (χ4v) is 3.60. The predicted molar refractivity (Wildman–Crippen MR) is 83.5 cm³/mol. The van der Waals surface area contributed by atoms with Gasteiger partial charge in [0, 0.05) is 21.7 Å². The molecule has 21 heavy (non-hydrogen) atoms. The van der Waals surface area contributed by atoms with E-state index >= 15 is 0 Å². The maximum absolute atomic E-state index is 13.8. The van der Waals surface area contributed by atoms with Crippen molar-refractivity contribution in [3.8, 4) is 0 Å². The van der Waals surface area contributed by atoms with E-state index < -0.39 is 20.8 Å². The van der Waals surface area contributed by atoms with Crippen LogP contribution in [0.5, 0.6) is 0 Å². The van der Waals surface area contributed by atoms with Crippen LogP contribution in [0.2, 0.25) is 0 Å². The molecule has 1 aromatic rings. The van der Waals surface area contributed by atoms with E-state index in [1.165, 1.54) is 0 Å². The van der Waals surface area contributed by atoms with Crippen molar-refractivity contribution >= 4 is 41.6 Å². The van der Waals surface area contributed by atoms with Gasteiger partial charge < -0.3 is 5.32 Å². The minimum absolute atomic E-state index is 0.0274. The summed E-state index contributed by atoms with van der Waals surface area (Å²) in [4.78, 5) is 11.7. The number of hydrogen-bond acceptors (Lipinski definition) is 3. The molecule has 118 valence electrons. The first-order chi connectivity index (χ1) is 9.48. The highest BCUT2D eigenvalue weighted by Gasteiger charge is 2.23. The smallest absolute Gasteiger partial charge is 0.262 e. The fourth-order valence-electron chi connectivity index (χ4n) is 1.43. The Kier molecular flexibility index (Phi) is 5.80. The van der Waals surface area contributed by atoms with Gasteiger partial charge in [-0.2, -0.15) is 0 Å². The lowest BCUT2D eigenvalue weighted by Gasteiger charge is -2.23. The molecule has 0 unspecified atom stereocenters. The third kappa shape index (κ3) is 4.93. The average Bonchev–Trinajstić information content (AvgIpc) is 2.34. The van der Waals surface area contributed by atoms with Gasteiger partial charge in [-0.25, -0.2) is 12.8 Å². The number of carbonyl (C=O) groups is 1. The van der Waals surface area contributed by atoms with E-state index in [0.717, 1.165) is 18.6 Å². The molecule has 1 N–H and O–H groups in total. The maximum atomic E-state index is 13.8. The molecule has 0 saturated heterocycles. The summed E-state index contributed by atoms with van der Waals surface area (Å²) < 4.78 is 36.6. The van der Waals surface area contributed by atoms with E-state index in [4.69, 9.17) is 10.7 Å². The van der Waals surface area contributed by atoms with Gasteiger partial charge in [-0.15, -0.1) is 0 Å². The monoisotopic (exact) mass is 399 g/mol. The zero-order chi connectivity index (χ0) is 16.4. The Bertz CT molecular complexity index is 662. The van der Waals surface area contributed by atoms with Crippen molar-refractivity contribution in [2.75, 3.05) is 6.54 Å². The molecule has 0 atom stereocenters. The lowest BCUT2D eigenvalue weighted by molar-refractivity contribution is 0.0931. The fraction of sp³-hybridized carbons (Fsp3) is 0.462. The molecule has 0 bridgehead atoms. The van der Waals surface area contributed by atoms with Gasteiger partial charge in [0.1, 0.15) is 5.82 Å². The Morgan fingerprint density at radius 3 is 2.48 bits per heavy atom. The number of nitrogens with one attached hydrogen (secondary N) is 1. The second-order valence-corrected chi connectivity index (χ2v) is 8.79. The van der Waals surface area contributed by atoms with E-state index in [1.54, 1.807) is 0 Å². The van der Waals surface area contributed by atoms with Gasteiger partial charge in [-0.05, 0) is 39.9 Å². The van der Waals surface area contributed by atoms with Crippen LogP contribution in [-0.4, -0.2) is 20.9 Å². The van der Waals surface area contributed by atoms with E-state index in [9.17, 15) is 17.6 Å². The summed E-state index contributed by atoms with van der Waals surface area (Å²) in [6.07, 6.45) is 0.831. The van der Waals surface area contributed by atoms with Gasteiger partial charge >= 0.3 is 0 Å². The maximum Gasteiger partial charge on any atom is 0.262 e. The summed E-state index contributed by atoms with van der Waals surface area (Å²) in [5.41, 5.74) is -0.493. The quantitative estimate of drug-likeness (QED) is 0.767. The van der Waals surface area contributed by atoms with Crippen LogP contribution in [0.3, 0.4) is 0 Å². The third-order valence-electron chi connectivity index (χ3n) is 3.21. The Labute approximate surface area is 136 Å². The van der Waals surface area contributed by atoms with Gasteiger partial charge in [0.15, 0.2) is 0 Å². The van der Waals surface area contributed by atoms with Gasteiger partial charge in [0.2, 0.25) is 0 Å². The molecule has 4 nitrogen and oxygen atoms in total. The normalized spacial score (nSPS) is 12.3. The summed E-state index contributed by atoms with van der Waals surface area (Å²) >= 11 is 2.91. The molecule has 0 aliphatic carbocycles. The lowest BCUT2D eigenvalue weighted by Crippen LogP contribution is -2.34. The molecule has 0 radical (unpaired) electrons. The highest BCUT2D eigenvalue weighted by Crippen LogP contribution is 2.28. The second-order valence-electron chi connectivity index (χ2n) is 5.40. The number of carbonyl (C=O) groups excluding carboxylic acids is 1. The highest BCUT2D eigenvalue weighted by atomic mass is 79.9. The largest absolute Gasteiger partial charge is 0.351 e. The zero-order valence-corrected chi connectivity index (χ0v) is 15.0. The summed E-state index contributed by atoms with van der Waals surface area (Å²) in [6.45, 7) is 6.24. The topological polar surface area (TPSA) is 63.2 Å². The van der Waals surface area contributed by atoms with Crippen molar-refractivity contribution in [2.24, 2.45) is 5.41 Å². The minimum Gasteiger partial charge on any atom is -0.351 e. The Balaban J connectivity index is 3.11. The number of rotatable bonds is 5. The molecule has 8 heteroatoms. The first kappa shape index (κ1) is 18.4. The van der Waals surface area contributed by atoms with E-state index in [0.29, 0.717) is 6.54 Å². The number of hydrogen-bond donors (Lipinski definition) is 1. The minimum atomic E-state index is -4.08. The van der Waals surface area contributed by atoms with Gasteiger partial charge in [-0.3, -0.25) is 4.79 Å². The van der Waals surface area contributed by atoms with Crippen LogP contribution in [0.4, 0.5) is 4.39 Å². The summed E-state index contributed by atoms with van der Waals surface area (Å²) in [6, 6.07) is 1.84. The molecule has 1 aromatic carbocycles. The van der Waals surface area contributed by atoms with Crippen molar-refractivity contribution in [1.29, 1.82) is 0 Å². The van der Waals surface area contributed by atoms with Crippen LogP contribution in [0.15, 0.2) is 21.5 Å². The Hall–Kier alpha value is -0.660. The SMILES string of the molecule is CCC(C)(C)CNC(=O)c1cc(S(=O)(=O)Cl)c(Br)cc1F. The van der Waals surface area contributed by atoms with Crippen molar-refractivity contribution < 1.29 is 17.6 Å². The molecule has 0 spiro atoms. The molecular weight excluding hydrogens is 385 g/mol. The Morgan fingerprint density at radius 1 is 1.43 bits per heavy atom. The van der Waals surface area contributed by atoms with E-state index in [2.05, 4.69) is 21.2 Å². The highest BCUT2D eigenvalue weighted by molar-refractivity contribution is 9.10. The van der Waals surface area contributed by atoms with Crippen molar-refractivity contribution in [3.05, 3.63) is 28.0 Å². The van der Waals surface area contributed by atoms with Crippen LogP contribution in [0.1, 0.15) is 37.6 Å². The molecule has 0 aliphatic heterocycles. The standard InChI is InChI=1S/C13H16BrClFNO3S/c1-4-13(2,3)7-17-12(18)8-5-11(21(15,19)20)9(14)6-10(8)16/h5-6H,4,7H2,1-3H3,(H,17,18). The van der Waals surface area contributed by atoms with Crippen LogP contribution in [0.25, 0.3) is 0 Å². The third-order valence-corrected chi connectivity index (χ3v) is 5.49. The molecule has 0 fully saturated rings. The van der Waals surface area contributed by atoms with E-state index in [-0.39, 0.29) is 20.3 Å². The predicted octanol–water partition coefficient (Wildman–Crippen LogP) is 3.68. The molecule has 0 aromatic heterocycles. The zero-order valence-electron chi connectivity index (χ0n) is 11.8. The average molecular weight is 401 g/mol. The number of halogens is 3. The van der Waals surface area contributed by atoms with Gasteiger partial charge in [0.05, 0.1) is 10.5 Å². The van der Waals surface area contributed by atoms with E-state index in [1.807, 2.05) is 20.8 Å². The van der Waals surface area contributed by atoms with Gasteiger partial charge in [-0.1, -0.05) is 20.8 Å². The lowest BCUT2D eigenvalue weighted by atomic mass is 9.90. The second kappa shape index (κ2) is 6.62. The number of amides is 1. The molecule has 0 heterocycles. The first-order valence-electron chi connectivity index (χ1n) is 6.20.